The maximum Gasteiger partial charge on any atom is 0.253 e. The number of fused-ring (bicyclic) bond motifs is 1. The van der Waals surface area contributed by atoms with Crippen LogP contribution in [-0.2, 0) is 34.2 Å². The van der Waals surface area contributed by atoms with Gasteiger partial charge in [-0.3, -0.25) is 9.10 Å². The smallest absolute Gasteiger partial charge is 0.253 e. The van der Waals surface area contributed by atoms with E-state index in [1.54, 1.807) is 54.6 Å². The van der Waals surface area contributed by atoms with Gasteiger partial charge in [0.1, 0.15) is 5.75 Å². The van der Waals surface area contributed by atoms with Crippen molar-refractivity contribution in [3.8, 4) is 0 Å². The SMILES string of the molecule is O=C(NCCc1ccc(Cl)cc1)C1=C(NCCc2ccc(Cl)cc2)CS(=O)(=O)N(Cc2ccc(Cl)c(Cl)c2)c2ccccc21. The van der Waals surface area contributed by atoms with Crippen molar-refractivity contribution >= 4 is 73.6 Å². The molecule has 0 unspecified atom stereocenters. The average Bonchev–Trinajstić information content (AvgIpc) is 3.08. The lowest BCUT2D eigenvalue weighted by Gasteiger charge is -2.25. The summed E-state index contributed by atoms with van der Waals surface area (Å²) >= 11 is 24.4. The molecule has 0 saturated heterocycles. The molecule has 44 heavy (non-hydrogen) atoms. The van der Waals surface area contributed by atoms with Crippen molar-refractivity contribution in [1.29, 1.82) is 0 Å². The molecule has 0 fully saturated rings. The highest BCUT2D eigenvalue weighted by molar-refractivity contribution is 7.93. The predicted molar refractivity (Wildman–Crippen MR) is 181 cm³/mol. The fourth-order valence-electron chi connectivity index (χ4n) is 5.00. The summed E-state index contributed by atoms with van der Waals surface area (Å²) in [5.74, 6) is -0.768. The molecule has 0 radical (unpaired) electrons. The van der Waals surface area contributed by atoms with Gasteiger partial charge in [-0.2, -0.15) is 0 Å². The van der Waals surface area contributed by atoms with Crippen molar-refractivity contribution in [3.05, 3.63) is 139 Å². The second-order valence-corrected chi connectivity index (χ2v) is 13.9. The maximum atomic E-state index is 14.0. The summed E-state index contributed by atoms with van der Waals surface area (Å²) in [4.78, 5) is 13.9. The Bertz CT molecular complexity index is 1790. The minimum atomic E-state index is -3.95. The summed E-state index contributed by atoms with van der Waals surface area (Å²) < 4.78 is 29.4. The molecule has 11 heteroatoms. The Hall–Kier alpha value is -3.20. The highest BCUT2D eigenvalue weighted by Crippen LogP contribution is 2.36. The highest BCUT2D eigenvalue weighted by atomic mass is 35.5. The number of hydrogen-bond acceptors (Lipinski definition) is 4. The quantitative estimate of drug-likeness (QED) is 0.180. The molecule has 0 aliphatic carbocycles. The second-order valence-electron chi connectivity index (χ2n) is 10.3. The van der Waals surface area contributed by atoms with Crippen molar-refractivity contribution in [2.45, 2.75) is 19.4 Å². The van der Waals surface area contributed by atoms with Crippen LogP contribution in [0.2, 0.25) is 20.1 Å². The molecule has 4 aromatic carbocycles. The van der Waals surface area contributed by atoms with E-state index in [0.29, 0.717) is 68.5 Å². The number of hydrogen-bond donors (Lipinski definition) is 2. The summed E-state index contributed by atoms with van der Waals surface area (Å²) in [7, 11) is -3.95. The van der Waals surface area contributed by atoms with Crippen molar-refractivity contribution in [3.63, 3.8) is 0 Å². The van der Waals surface area contributed by atoms with Crippen LogP contribution in [0.1, 0.15) is 22.3 Å². The molecule has 1 aliphatic heterocycles. The van der Waals surface area contributed by atoms with Gasteiger partial charge in [-0.05, 0) is 72.0 Å². The number of rotatable bonds is 10. The van der Waals surface area contributed by atoms with Gasteiger partial charge in [0.25, 0.3) is 5.91 Å². The van der Waals surface area contributed by atoms with Gasteiger partial charge in [0, 0.05) is 34.4 Å². The van der Waals surface area contributed by atoms with Crippen LogP contribution in [0.25, 0.3) is 5.57 Å². The first-order valence-corrected chi connectivity index (χ1v) is 17.0. The Balaban J connectivity index is 1.48. The monoisotopic (exact) mass is 687 g/mol. The number of nitrogens with one attached hydrogen (secondary N) is 2. The molecule has 0 atom stereocenters. The maximum absolute atomic E-state index is 14.0. The number of halogens is 4. The minimum absolute atomic E-state index is 0.0136. The Morgan fingerprint density at radius 3 is 1.95 bits per heavy atom. The van der Waals surface area contributed by atoms with Crippen LogP contribution in [-0.4, -0.2) is 33.2 Å². The second kappa shape index (κ2) is 14.3. The van der Waals surface area contributed by atoms with Crippen LogP contribution in [0.5, 0.6) is 0 Å². The van der Waals surface area contributed by atoms with E-state index < -0.39 is 15.8 Å². The number of carbonyl (C=O) groups excluding carboxylic acids is 1. The van der Waals surface area contributed by atoms with Crippen LogP contribution < -0.4 is 14.9 Å². The molecule has 228 valence electrons. The molecule has 1 heterocycles. The third-order valence-electron chi connectivity index (χ3n) is 7.22. The number of para-hydroxylation sites is 1. The van der Waals surface area contributed by atoms with Crippen LogP contribution >= 0.6 is 46.4 Å². The lowest BCUT2D eigenvalue weighted by atomic mass is 10.00. The van der Waals surface area contributed by atoms with Crippen LogP contribution in [0, 0.1) is 0 Å². The van der Waals surface area contributed by atoms with E-state index in [1.807, 2.05) is 36.4 Å². The minimum Gasteiger partial charge on any atom is -0.386 e. The van der Waals surface area contributed by atoms with E-state index in [-0.39, 0.29) is 18.0 Å². The fraction of sp³-hybridized carbons (Fsp3) is 0.182. The third-order valence-corrected chi connectivity index (χ3v) is 10.1. The Morgan fingerprint density at radius 1 is 0.727 bits per heavy atom. The number of amides is 1. The summed E-state index contributed by atoms with van der Waals surface area (Å²) in [6, 6.07) is 26.9. The molecule has 1 amide bonds. The predicted octanol–water partition coefficient (Wildman–Crippen LogP) is 7.55. The fourth-order valence-corrected chi connectivity index (χ4v) is 7.15. The van der Waals surface area contributed by atoms with E-state index in [9.17, 15) is 13.2 Å². The normalized spacial score (nSPS) is 14.1. The Morgan fingerprint density at radius 2 is 1.32 bits per heavy atom. The first kappa shape index (κ1) is 32.2. The molecule has 0 aromatic heterocycles. The lowest BCUT2D eigenvalue weighted by Crippen LogP contribution is -2.35. The molecule has 1 aliphatic rings. The molecule has 4 aromatic rings. The molecular formula is C33H29Cl4N3O3S. The first-order chi connectivity index (χ1) is 21.1. The molecule has 0 bridgehead atoms. The number of benzene rings is 4. The zero-order valence-electron chi connectivity index (χ0n) is 23.5. The van der Waals surface area contributed by atoms with Crippen molar-refractivity contribution in [2.75, 3.05) is 23.1 Å². The summed E-state index contributed by atoms with van der Waals surface area (Å²) in [6.45, 7) is 0.771. The van der Waals surface area contributed by atoms with Gasteiger partial charge in [0.05, 0.1) is 27.9 Å². The largest absolute Gasteiger partial charge is 0.386 e. The molecule has 0 saturated carbocycles. The highest BCUT2D eigenvalue weighted by Gasteiger charge is 2.34. The van der Waals surface area contributed by atoms with Gasteiger partial charge in [0.15, 0.2) is 0 Å². The van der Waals surface area contributed by atoms with Crippen LogP contribution in [0.15, 0.2) is 96.7 Å². The van der Waals surface area contributed by atoms with Gasteiger partial charge >= 0.3 is 0 Å². The number of anilines is 1. The van der Waals surface area contributed by atoms with E-state index in [1.165, 1.54) is 4.31 Å². The molecule has 2 N–H and O–H groups in total. The van der Waals surface area contributed by atoms with Gasteiger partial charge in [-0.15, -0.1) is 0 Å². The molecule has 0 spiro atoms. The summed E-state index contributed by atoms with van der Waals surface area (Å²) in [5, 5.41) is 8.27. The van der Waals surface area contributed by atoms with E-state index in [2.05, 4.69) is 10.6 Å². The molecule has 5 rings (SSSR count). The van der Waals surface area contributed by atoms with E-state index >= 15 is 0 Å². The Labute approximate surface area is 277 Å². The summed E-state index contributed by atoms with van der Waals surface area (Å²) in [6.07, 6.45) is 1.18. The lowest BCUT2D eigenvalue weighted by molar-refractivity contribution is -0.115. The molecular weight excluding hydrogens is 660 g/mol. The average molecular weight is 689 g/mol. The molecule has 6 nitrogen and oxygen atoms in total. The zero-order chi connectivity index (χ0) is 31.3. The van der Waals surface area contributed by atoms with Gasteiger partial charge in [-0.1, -0.05) is 94.9 Å². The van der Waals surface area contributed by atoms with Crippen molar-refractivity contribution in [2.24, 2.45) is 0 Å². The topological polar surface area (TPSA) is 78.5 Å². The van der Waals surface area contributed by atoms with E-state index in [4.69, 9.17) is 46.4 Å². The van der Waals surface area contributed by atoms with Crippen molar-refractivity contribution in [1.82, 2.24) is 10.6 Å². The zero-order valence-corrected chi connectivity index (χ0v) is 27.3. The number of nitrogens with zero attached hydrogens (tertiary/aromatic N) is 1. The van der Waals surface area contributed by atoms with Crippen LogP contribution in [0.4, 0.5) is 5.69 Å². The van der Waals surface area contributed by atoms with Gasteiger partial charge in [0.2, 0.25) is 10.0 Å². The van der Waals surface area contributed by atoms with E-state index in [0.717, 1.165) is 11.1 Å². The Kier molecular flexibility index (Phi) is 10.4. The van der Waals surface area contributed by atoms with Crippen molar-refractivity contribution < 1.29 is 13.2 Å². The first-order valence-electron chi connectivity index (χ1n) is 13.9. The van der Waals surface area contributed by atoms with Gasteiger partial charge < -0.3 is 10.6 Å². The van der Waals surface area contributed by atoms with Crippen LogP contribution in [0.3, 0.4) is 0 Å². The number of carbonyl (C=O) groups is 1. The third kappa shape index (κ3) is 7.89. The number of sulfonamides is 1. The standard InChI is InChI=1S/C33H29Cl4N3O3S/c34-25-10-5-22(6-11-25)15-17-38-30-21-44(42,43)40(20-24-9-14-28(36)29(37)19-24)31-4-2-1-3-27(31)32(30)33(41)39-18-16-23-7-12-26(35)13-8-23/h1-14,19,38H,15-18,20-21H2,(H,39,41). The summed E-state index contributed by atoms with van der Waals surface area (Å²) in [5.41, 5.74) is 4.21. The van der Waals surface area contributed by atoms with Gasteiger partial charge in [-0.25, -0.2) is 8.42 Å².